The van der Waals surface area contributed by atoms with Crippen LogP contribution in [0.4, 0.5) is 10.1 Å². The fraction of sp³-hybridized carbons (Fsp3) is 0.417. The summed E-state index contributed by atoms with van der Waals surface area (Å²) in [6, 6.07) is 2.71. The molecule has 0 bridgehead atoms. The minimum absolute atomic E-state index is 0.101. The topological polar surface area (TPSA) is 41.1 Å². The van der Waals surface area contributed by atoms with Gasteiger partial charge in [-0.3, -0.25) is 4.79 Å². The SMILES string of the molecule is CC(C(=O)Nc1cc(Cl)c(F)c(Cl)c1)C1CNC1. The van der Waals surface area contributed by atoms with Crippen LogP contribution in [0.1, 0.15) is 6.92 Å². The van der Waals surface area contributed by atoms with E-state index in [1.165, 1.54) is 12.1 Å². The van der Waals surface area contributed by atoms with Crippen molar-refractivity contribution >= 4 is 34.8 Å². The zero-order valence-electron chi connectivity index (χ0n) is 9.77. The van der Waals surface area contributed by atoms with Gasteiger partial charge in [-0.15, -0.1) is 0 Å². The van der Waals surface area contributed by atoms with Gasteiger partial charge in [0.1, 0.15) is 0 Å². The zero-order valence-corrected chi connectivity index (χ0v) is 11.3. The van der Waals surface area contributed by atoms with Crippen LogP contribution >= 0.6 is 23.2 Å². The van der Waals surface area contributed by atoms with E-state index >= 15 is 0 Å². The van der Waals surface area contributed by atoms with Gasteiger partial charge < -0.3 is 10.6 Å². The molecule has 18 heavy (non-hydrogen) atoms. The Kier molecular flexibility index (Phi) is 4.10. The van der Waals surface area contributed by atoms with E-state index in [4.69, 9.17) is 23.2 Å². The fourth-order valence-electron chi connectivity index (χ4n) is 1.76. The lowest BCUT2D eigenvalue weighted by Gasteiger charge is -2.31. The molecule has 1 aromatic carbocycles. The summed E-state index contributed by atoms with van der Waals surface area (Å²) in [4.78, 5) is 11.9. The molecule has 1 aromatic rings. The molecule has 1 atom stereocenters. The summed E-state index contributed by atoms with van der Waals surface area (Å²) in [5.41, 5.74) is 0.413. The monoisotopic (exact) mass is 290 g/mol. The van der Waals surface area contributed by atoms with E-state index in [2.05, 4.69) is 10.6 Å². The standard InChI is InChI=1S/C12H13Cl2FN2O/c1-6(7-4-16-5-7)12(18)17-8-2-9(13)11(15)10(14)3-8/h2-3,6-7,16H,4-5H2,1H3,(H,17,18). The van der Waals surface area contributed by atoms with Gasteiger partial charge in [0, 0.05) is 11.6 Å². The van der Waals surface area contributed by atoms with Crippen LogP contribution in [0.5, 0.6) is 0 Å². The average Bonchev–Trinajstić information content (AvgIpc) is 2.23. The number of anilines is 1. The van der Waals surface area contributed by atoms with Crippen molar-refractivity contribution in [2.45, 2.75) is 6.92 Å². The summed E-state index contributed by atoms with van der Waals surface area (Å²) >= 11 is 11.3. The maximum atomic E-state index is 13.2. The minimum atomic E-state index is -0.674. The average molecular weight is 291 g/mol. The number of hydrogen-bond acceptors (Lipinski definition) is 2. The normalized spacial score (nSPS) is 17.1. The Bertz CT molecular complexity index is 454. The van der Waals surface area contributed by atoms with Crippen molar-refractivity contribution in [2.75, 3.05) is 18.4 Å². The van der Waals surface area contributed by atoms with Gasteiger partial charge >= 0.3 is 0 Å². The molecule has 2 rings (SSSR count). The van der Waals surface area contributed by atoms with Crippen LogP contribution in [0.15, 0.2) is 12.1 Å². The Morgan fingerprint density at radius 2 is 2.00 bits per heavy atom. The molecule has 2 N–H and O–H groups in total. The van der Waals surface area contributed by atoms with Crippen LogP contribution in [0.3, 0.4) is 0 Å². The van der Waals surface area contributed by atoms with Gasteiger partial charge in [-0.25, -0.2) is 4.39 Å². The van der Waals surface area contributed by atoms with Crippen molar-refractivity contribution in [1.82, 2.24) is 5.32 Å². The molecule has 1 unspecified atom stereocenters. The molecule has 1 aliphatic heterocycles. The number of nitrogens with one attached hydrogen (secondary N) is 2. The third-order valence-electron chi connectivity index (χ3n) is 3.19. The Morgan fingerprint density at radius 1 is 1.44 bits per heavy atom. The number of carbonyl (C=O) groups is 1. The lowest BCUT2D eigenvalue weighted by molar-refractivity contribution is -0.121. The quantitative estimate of drug-likeness (QED) is 0.841. The highest BCUT2D eigenvalue weighted by Gasteiger charge is 2.28. The molecular weight excluding hydrogens is 278 g/mol. The molecule has 6 heteroatoms. The number of benzene rings is 1. The van der Waals surface area contributed by atoms with Crippen LogP contribution in [-0.2, 0) is 4.79 Å². The first-order chi connectivity index (χ1) is 8.49. The predicted molar refractivity (Wildman–Crippen MR) is 70.6 cm³/mol. The van der Waals surface area contributed by atoms with Gasteiger partial charge in [0.2, 0.25) is 5.91 Å². The molecule has 1 amide bonds. The van der Waals surface area contributed by atoms with Crippen LogP contribution < -0.4 is 10.6 Å². The molecule has 98 valence electrons. The largest absolute Gasteiger partial charge is 0.326 e. The van der Waals surface area contributed by atoms with Gasteiger partial charge in [-0.2, -0.15) is 0 Å². The van der Waals surface area contributed by atoms with E-state index in [1.54, 1.807) is 0 Å². The molecule has 0 spiro atoms. The molecule has 0 radical (unpaired) electrons. The summed E-state index contributed by atoms with van der Waals surface area (Å²) in [6.45, 7) is 3.56. The first-order valence-corrected chi connectivity index (χ1v) is 6.40. The van der Waals surface area contributed by atoms with E-state index in [1.807, 2.05) is 6.92 Å². The summed E-state index contributed by atoms with van der Waals surface area (Å²) in [5, 5.41) is 5.61. The Morgan fingerprint density at radius 3 is 2.44 bits per heavy atom. The third-order valence-corrected chi connectivity index (χ3v) is 3.74. The smallest absolute Gasteiger partial charge is 0.227 e. The van der Waals surface area contributed by atoms with Gasteiger partial charge in [0.15, 0.2) is 5.82 Å². The molecule has 0 saturated carbocycles. The molecular formula is C12H13Cl2FN2O. The van der Waals surface area contributed by atoms with Crippen molar-refractivity contribution in [2.24, 2.45) is 11.8 Å². The van der Waals surface area contributed by atoms with Gasteiger partial charge in [0.25, 0.3) is 0 Å². The number of amides is 1. The number of carbonyl (C=O) groups excluding carboxylic acids is 1. The van der Waals surface area contributed by atoms with Crippen molar-refractivity contribution in [1.29, 1.82) is 0 Å². The van der Waals surface area contributed by atoms with Crippen molar-refractivity contribution in [3.63, 3.8) is 0 Å². The number of halogens is 3. The second-order valence-corrected chi connectivity index (χ2v) is 5.26. The summed E-state index contributed by atoms with van der Waals surface area (Å²) in [5.74, 6) is -0.543. The van der Waals surface area contributed by atoms with Gasteiger partial charge in [0.05, 0.1) is 10.0 Å². The fourth-order valence-corrected chi connectivity index (χ4v) is 2.25. The minimum Gasteiger partial charge on any atom is -0.326 e. The summed E-state index contributed by atoms with van der Waals surface area (Å²) in [6.07, 6.45) is 0. The van der Waals surface area contributed by atoms with E-state index in [0.717, 1.165) is 13.1 Å². The van der Waals surface area contributed by atoms with E-state index in [-0.39, 0.29) is 21.9 Å². The van der Waals surface area contributed by atoms with Crippen LogP contribution in [0, 0.1) is 17.7 Å². The van der Waals surface area contributed by atoms with Crippen LogP contribution in [0.2, 0.25) is 10.0 Å². The van der Waals surface area contributed by atoms with Gasteiger partial charge in [-0.1, -0.05) is 30.1 Å². The van der Waals surface area contributed by atoms with Crippen LogP contribution in [-0.4, -0.2) is 19.0 Å². The maximum absolute atomic E-state index is 13.2. The van der Waals surface area contributed by atoms with Crippen molar-refractivity contribution in [3.8, 4) is 0 Å². The number of hydrogen-bond donors (Lipinski definition) is 2. The second-order valence-electron chi connectivity index (χ2n) is 4.45. The highest BCUT2D eigenvalue weighted by molar-refractivity contribution is 6.35. The lowest BCUT2D eigenvalue weighted by Crippen LogP contribution is -2.48. The molecule has 1 aliphatic rings. The van der Waals surface area contributed by atoms with Crippen molar-refractivity contribution < 1.29 is 9.18 Å². The number of rotatable bonds is 3. The highest BCUT2D eigenvalue weighted by Crippen LogP contribution is 2.28. The van der Waals surface area contributed by atoms with E-state index < -0.39 is 5.82 Å². The highest BCUT2D eigenvalue weighted by atomic mass is 35.5. The zero-order chi connectivity index (χ0) is 13.3. The van der Waals surface area contributed by atoms with E-state index in [9.17, 15) is 9.18 Å². The Hall–Kier alpha value is -0.840. The second kappa shape index (κ2) is 5.43. The lowest BCUT2D eigenvalue weighted by atomic mass is 9.88. The molecule has 0 aromatic heterocycles. The third kappa shape index (κ3) is 2.76. The molecule has 1 heterocycles. The maximum Gasteiger partial charge on any atom is 0.227 e. The molecule has 1 fully saturated rings. The van der Waals surface area contributed by atoms with Crippen LogP contribution in [0.25, 0.3) is 0 Å². The van der Waals surface area contributed by atoms with Gasteiger partial charge in [-0.05, 0) is 31.1 Å². The predicted octanol–water partition coefficient (Wildman–Crippen LogP) is 2.93. The molecule has 1 saturated heterocycles. The summed E-state index contributed by atoms with van der Waals surface area (Å²) in [7, 11) is 0. The van der Waals surface area contributed by atoms with Crippen molar-refractivity contribution in [3.05, 3.63) is 28.0 Å². The molecule has 3 nitrogen and oxygen atoms in total. The first kappa shape index (κ1) is 13.6. The Balaban J connectivity index is 2.06. The first-order valence-electron chi connectivity index (χ1n) is 5.65. The Labute approximate surface area is 115 Å². The molecule has 0 aliphatic carbocycles. The summed E-state index contributed by atoms with van der Waals surface area (Å²) < 4.78 is 13.2. The van der Waals surface area contributed by atoms with E-state index in [0.29, 0.717) is 11.6 Å².